The van der Waals surface area contributed by atoms with Crippen molar-refractivity contribution in [2.75, 3.05) is 27.2 Å². The predicted molar refractivity (Wildman–Crippen MR) is 85.0 cm³/mol. The summed E-state index contributed by atoms with van der Waals surface area (Å²) in [5.74, 6) is 5.69. The molecule has 0 spiro atoms. The number of nitrogens with zero attached hydrogens (tertiary/aromatic N) is 1. The minimum absolute atomic E-state index is 0.0648. The molecule has 1 aromatic carbocycles. The zero-order valence-corrected chi connectivity index (χ0v) is 12.8. The van der Waals surface area contributed by atoms with Gasteiger partial charge in [-0.05, 0) is 45.5 Å². The third kappa shape index (κ3) is 3.44. The van der Waals surface area contributed by atoms with E-state index in [1.54, 1.807) is 6.07 Å². The predicted octanol–water partition coefficient (Wildman–Crippen LogP) is 1.21. The van der Waals surface area contributed by atoms with E-state index in [1.165, 1.54) is 6.42 Å². The number of hydrogen-bond donors (Lipinski definition) is 2. The fourth-order valence-electron chi connectivity index (χ4n) is 2.64. The SMILES string of the molecule is CN(C)C1(CNC(=O)c2ccccc2C#CCN)CCC1. The van der Waals surface area contributed by atoms with Gasteiger partial charge in [-0.25, -0.2) is 0 Å². The molecule has 0 heterocycles. The van der Waals surface area contributed by atoms with Crippen LogP contribution in [-0.2, 0) is 0 Å². The van der Waals surface area contributed by atoms with Crippen LogP contribution in [0, 0.1) is 11.8 Å². The molecule has 1 aliphatic rings. The molecule has 0 aromatic heterocycles. The summed E-state index contributed by atoms with van der Waals surface area (Å²) in [4.78, 5) is 14.6. The van der Waals surface area contributed by atoms with Gasteiger partial charge in [0, 0.05) is 17.6 Å². The monoisotopic (exact) mass is 285 g/mol. The second-order valence-corrected chi connectivity index (χ2v) is 5.71. The van der Waals surface area contributed by atoms with Crippen molar-refractivity contribution in [3.63, 3.8) is 0 Å². The van der Waals surface area contributed by atoms with Crippen LogP contribution in [0.5, 0.6) is 0 Å². The molecule has 1 fully saturated rings. The van der Waals surface area contributed by atoms with Crippen LogP contribution in [0.25, 0.3) is 0 Å². The summed E-state index contributed by atoms with van der Waals surface area (Å²) >= 11 is 0. The Balaban J connectivity index is 2.07. The fraction of sp³-hybridized carbons (Fsp3) is 0.471. The van der Waals surface area contributed by atoms with Crippen molar-refractivity contribution in [2.24, 2.45) is 5.73 Å². The molecule has 4 heteroatoms. The van der Waals surface area contributed by atoms with E-state index >= 15 is 0 Å². The van der Waals surface area contributed by atoms with Gasteiger partial charge in [-0.15, -0.1) is 0 Å². The van der Waals surface area contributed by atoms with E-state index in [9.17, 15) is 4.79 Å². The van der Waals surface area contributed by atoms with Gasteiger partial charge in [0.2, 0.25) is 0 Å². The number of carbonyl (C=O) groups is 1. The van der Waals surface area contributed by atoms with E-state index in [1.807, 2.05) is 18.2 Å². The molecule has 1 aliphatic carbocycles. The number of nitrogens with one attached hydrogen (secondary N) is 1. The second-order valence-electron chi connectivity index (χ2n) is 5.71. The van der Waals surface area contributed by atoms with Crippen molar-refractivity contribution in [1.29, 1.82) is 0 Å². The van der Waals surface area contributed by atoms with Gasteiger partial charge >= 0.3 is 0 Å². The normalized spacial score (nSPS) is 15.8. The highest BCUT2D eigenvalue weighted by atomic mass is 16.1. The van der Waals surface area contributed by atoms with E-state index < -0.39 is 0 Å². The minimum Gasteiger partial charge on any atom is -0.350 e. The first-order valence-corrected chi connectivity index (χ1v) is 7.33. The number of hydrogen-bond acceptors (Lipinski definition) is 3. The van der Waals surface area contributed by atoms with E-state index in [0.717, 1.165) is 18.4 Å². The maximum atomic E-state index is 12.4. The zero-order valence-electron chi connectivity index (χ0n) is 12.8. The van der Waals surface area contributed by atoms with Gasteiger partial charge in [0.1, 0.15) is 0 Å². The van der Waals surface area contributed by atoms with Crippen molar-refractivity contribution in [1.82, 2.24) is 10.2 Å². The fourth-order valence-corrected chi connectivity index (χ4v) is 2.64. The topological polar surface area (TPSA) is 58.4 Å². The quantitative estimate of drug-likeness (QED) is 0.818. The van der Waals surface area contributed by atoms with Crippen molar-refractivity contribution in [3.05, 3.63) is 35.4 Å². The first-order chi connectivity index (χ1) is 10.1. The molecule has 21 heavy (non-hydrogen) atoms. The van der Waals surface area contributed by atoms with E-state index in [4.69, 9.17) is 5.73 Å². The van der Waals surface area contributed by atoms with Crippen molar-refractivity contribution in [2.45, 2.75) is 24.8 Å². The Morgan fingerprint density at radius 2 is 2.10 bits per heavy atom. The Bertz CT molecular complexity index is 565. The van der Waals surface area contributed by atoms with Gasteiger partial charge < -0.3 is 16.0 Å². The first kappa shape index (κ1) is 15.6. The van der Waals surface area contributed by atoms with Gasteiger partial charge in [-0.2, -0.15) is 0 Å². The van der Waals surface area contributed by atoms with Crippen LogP contribution < -0.4 is 11.1 Å². The standard InChI is InChI=1S/C17H23N3O/c1-20(2)17(10-6-11-17)13-19-16(21)15-9-4-3-7-14(15)8-5-12-18/h3-4,7,9H,6,10-13,18H2,1-2H3,(H,19,21). The molecule has 0 bridgehead atoms. The van der Waals surface area contributed by atoms with Crippen LogP contribution in [0.4, 0.5) is 0 Å². The highest BCUT2D eigenvalue weighted by Crippen LogP contribution is 2.35. The van der Waals surface area contributed by atoms with Crippen LogP contribution >= 0.6 is 0 Å². The van der Waals surface area contributed by atoms with Gasteiger partial charge in [0.25, 0.3) is 5.91 Å². The Labute approximate surface area is 126 Å². The lowest BCUT2D eigenvalue weighted by atomic mass is 9.75. The van der Waals surface area contributed by atoms with Crippen LogP contribution in [0.15, 0.2) is 24.3 Å². The lowest BCUT2D eigenvalue weighted by Crippen LogP contribution is -2.57. The average Bonchev–Trinajstić information content (AvgIpc) is 2.43. The minimum atomic E-state index is -0.0648. The largest absolute Gasteiger partial charge is 0.350 e. The highest BCUT2D eigenvalue weighted by Gasteiger charge is 2.39. The highest BCUT2D eigenvalue weighted by molar-refractivity contribution is 5.96. The van der Waals surface area contributed by atoms with Crippen LogP contribution in [0.2, 0.25) is 0 Å². The lowest BCUT2D eigenvalue weighted by Gasteiger charge is -2.47. The third-order valence-electron chi connectivity index (χ3n) is 4.31. The van der Waals surface area contributed by atoms with Crippen molar-refractivity contribution >= 4 is 5.91 Å². The molecule has 0 aliphatic heterocycles. The lowest BCUT2D eigenvalue weighted by molar-refractivity contribution is 0.0557. The molecule has 1 saturated carbocycles. The summed E-state index contributed by atoms with van der Waals surface area (Å²) in [6.07, 6.45) is 3.50. The molecule has 4 nitrogen and oxygen atoms in total. The third-order valence-corrected chi connectivity index (χ3v) is 4.31. The molecular formula is C17H23N3O. The Morgan fingerprint density at radius 1 is 1.38 bits per heavy atom. The maximum Gasteiger partial charge on any atom is 0.252 e. The van der Waals surface area contributed by atoms with E-state index in [0.29, 0.717) is 18.7 Å². The van der Waals surface area contributed by atoms with Gasteiger partial charge in [0.15, 0.2) is 0 Å². The molecule has 0 unspecified atom stereocenters. The molecular weight excluding hydrogens is 262 g/mol. The van der Waals surface area contributed by atoms with Gasteiger partial charge in [-0.3, -0.25) is 4.79 Å². The van der Waals surface area contributed by atoms with Crippen molar-refractivity contribution < 1.29 is 4.79 Å². The second kappa shape index (κ2) is 6.75. The number of likely N-dealkylation sites (N-methyl/N-ethyl adjacent to an activating group) is 1. The summed E-state index contributed by atoms with van der Waals surface area (Å²) in [6.45, 7) is 0.969. The number of rotatable bonds is 4. The molecule has 0 atom stereocenters. The summed E-state index contributed by atoms with van der Waals surface area (Å²) in [6, 6.07) is 7.39. The molecule has 1 aromatic rings. The molecule has 3 N–H and O–H groups in total. The summed E-state index contributed by atoms with van der Waals surface area (Å²) in [7, 11) is 4.15. The summed E-state index contributed by atoms with van der Waals surface area (Å²) in [5.41, 5.74) is 6.86. The van der Waals surface area contributed by atoms with Crippen LogP contribution in [0.1, 0.15) is 35.2 Å². The van der Waals surface area contributed by atoms with Crippen LogP contribution in [0.3, 0.4) is 0 Å². The Morgan fingerprint density at radius 3 is 2.67 bits per heavy atom. The number of amides is 1. The number of benzene rings is 1. The summed E-state index contributed by atoms with van der Waals surface area (Å²) in [5, 5.41) is 3.06. The number of carbonyl (C=O) groups excluding carboxylic acids is 1. The van der Waals surface area contributed by atoms with Crippen LogP contribution in [-0.4, -0.2) is 43.5 Å². The molecule has 112 valence electrons. The average molecular weight is 285 g/mol. The van der Waals surface area contributed by atoms with Gasteiger partial charge in [-0.1, -0.05) is 24.0 Å². The zero-order chi connectivity index (χ0) is 15.3. The Hall–Kier alpha value is -1.83. The molecule has 2 rings (SSSR count). The maximum absolute atomic E-state index is 12.4. The Kier molecular flexibility index (Phi) is 5.00. The molecule has 0 saturated heterocycles. The first-order valence-electron chi connectivity index (χ1n) is 7.33. The van der Waals surface area contributed by atoms with Crippen molar-refractivity contribution in [3.8, 4) is 11.8 Å². The number of nitrogens with two attached hydrogens (primary N) is 1. The summed E-state index contributed by atoms with van der Waals surface area (Å²) < 4.78 is 0. The van der Waals surface area contributed by atoms with Gasteiger partial charge in [0.05, 0.1) is 12.1 Å². The molecule has 0 radical (unpaired) electrons. The van der Waals surface area contributed by atoms with E-state index in [-0.39, 0.29) is 11.4 Å². The van der Waals surface area contributed by atoms with E-state index in [2.05, 4.69) is 36.2 Å². The molecule has 1 amide bonds. The smallest absolute Gasteiger partial charge is 0.252 e.